The van der Waals surface area contributed by atoms with Crippen molar-refractivity contribution in [2.24, 2.45) is 5.41 Å². The molecule has 1 N–H and O–H groups in total. The molecule has 4 heteroatoms. The SMILES string of the molecule is N#Cc1cccc(N2CCC(CO)(CCCc3ccccc3)CC2)n1. The molecular weight excluding hydrogens is 310 g/mol. The van der Waals surface area contributed by atoms with Crippen LogP contribution in [0.5, 0.6) is 0 Å². The number of nitriles is 1. The smallest absolute Gasteiger partial charge is 0.142 e. The van der Waals surface area contributed by atoms with E-state index < -0.39 is 0 Å². The quantitative estimate of drug-likeness (QED) is 0.877. The van der Waals surface area contributed by atoms with Gasteiger partial charge in [-0.3, -0.25) is 0 Å². The molecule has 1 aliphatic rings. The molecule has 130 valence electrons. The van der Waals surface area contributed by atoms with Crippen molar-refractivity contribution in [1.82, 2.24) is 4.98 Å². The number of piperidine rings is 1. The molecule has 1 aromatic carbocycles. The predicted molar refractivity (Wildman–Crippen MR) is 99.3 cm³/mol. The maximum absolute atomic E-state index is 10.0. The lowest BCUT2D eigenvalue weighted by atomic mass is 9.75. The number of rotatable bonds is 6. The van der Waals surface area contributed by atoms with Gasteiger partial charge in [0.05, 0.1) is 0 Å². The lowest BCUT2D eigenvalue weighted by Crippen LogP contribution is -2.42. The number of benzene rings is 1. The van der Waals surface area contributed by atoms with Crippen LogP contribution in [0.4, 0.5) is 5.82 Å². The van der Waals surface area contributed by atoms with Crippen molar-refractivity contribution in [1.29, 1.82) is 5.26 Å². The molecule has 25 heavy (non-hydrogen) atoms. The van der Waals surface area contributed by atoms with Crippen molar-refractivity contribution in [3.8, 4) is 6.07 Å². The van der Waals surface area contributed by atoms with E-state index >= 15 is 0 Å². The van der Waals surface area contributed by atoms with Gasteiger partial charge >= 0.3 is 0 Å². The van der Waals surface area contributed by atoms with Gasteiger partial charge in [-0.25, -0.2) is 4.98 Å². The summed E-state index contributed by atoms with van der Waals surface area (Å²) in [7, 11) is 0. The van der Waals surface area contributed by atoms with Gasteiger partial charge in [0.25, 0.3) is 0 Å². The van der Waals surface area contributed by atoms with Crippen LogP contribution in [-0.4, -0.2) is 29.8 Å². The average molecular weight is 335 g/mol. The topological polar surface area (TPSA) is 60.2 Å². The molecule has 0 unspecified atom stereocenters. The molecule has 0 saturated carbocycles. The largest absolute Gasteiger partial charge is 0.396 e. The molecule has 0 bridgehead atoms. The van der Waals surface area contributed by atoms with Crippen LogP contribution >= 0.6 is 0 Å². The van der Waals surface area contributed by atoms with Gasteiger partial charge < -0.3 is 10.0 Å². The van der Waals surface area contributed by atoms with Crippen LogP contribution in [0.15, 0.2) is 48.5 Å². The molecule has 1 fully saturated rings. The molecule has 0 amide bonds. The molecule has 0 spiro atoms. The van der Waals surface area contributed by atoms with E-state index in [0.717, 1.165) is 51.0 Å². The number of aliphatic hydroxyl groups excluding tert-OH is 1. The Morgan fingerprint density at radius 2 is 1.84 bits per heavy atom. The standard InChI is InChI=1S/C21H25N3O/c22-16-19-9-4-10-20(23-19)24-14-12-21(17-25,13-15-24)11-5-8-18-6-2-1-3-7-18/h1-4,6-7,9-10,25H,5,8,11-15,17H2. The second-order valence-electron chi connectivity index (χ2n) is 6.98. The van der Waals surface area contributed by atoms with Crippen LogP contribution in [0.1, 0.15) is 36.9 Å². The van der Waals surface area contributed by atoms with Crippen LogP contribution in [-0.2, 0) is 6.42 Å². The number of nitrogens with zero attached hydrogens (tertiary/aromatic N) is 3. The Balaban J connectivity index is 1.55. The number of aryl methyl sites for hydroxylation is 1. The highest BCUT2D eigenvalue weighted by Gasteiger charge is 2.33. The van der Waals surface area contributed by atoms with Crippen molar-refractivity contribution >= 4 is 5.82 Å². The third-order valence-electron chi connectivity index (χ3n) is 5.35. The summed E-state index contributed by atoms with van der Waals surface area (Å²) in [5.41, 5.74) is 1.85. The van der Waals surface area contributed by atoms with Gasteiger partial charge in [-0.1, -0.05) is 36.4 Å². The lowest BCUT2D eigenvalue weighted by Gasteiger charge is -2.41. The van der Waals surface area contributed by atoms with Crippen molar-refractivity contribution in [3.63, 3.8) is 0 Å². The van der Waals surface area contributed by atoms with Gasteiger partial charge in [0.1, 0.15) is 17.6 Å². The Hall–Kier alpha value is -2.38. The maximum Gasteiger partial charge on any atom is 0.142 e. The number of aromatic nitrogens is 1. The zero-order valence-corrected chi connectivity index (χ0v) is 14.6. The molecule has 4 nitrogen and oxygen atoms in total. The zero-order valence-electron chi connectivity index (χ0n) is 14.6. The molecule has 1 saturated heterocycles. The van der Waals surface area contributed by atoms with Crippen LogP contribution in [0, 0.1) is 16.7 Å². The van der Waals surface area contributed by atoms with E-state index in [0.29, 0.717) is 5.69 Å². The normalized spacial score (nSPS) is 16.4. The minimum atomic E-state index is 0.0259. The molecule has 0 atom stereocenters. The number of hydrogen-bond acceptors (Lipinski definition) is 4. The Bertz CT molecular complexity index is 715. The van der Waals surface area contributed by atoms with E-state index in [1.54, 1.807) is 6.07 Å². The van der Waals surface area contributed by atoms with E-state index in [1.807, 2.05) is 18.2 Å². The zero-order chi connectivity index (χ0) is 17.5. The highest BCUT2D eigenvalue weighted by molar-refractivity contribution is 5.42. The van der Waals surface area contributed by atoms with Gasteiger partial charge in [-0.15, -0.1) is 0 Å². The highest BCUT2D eigenvalue weighted by atomic mass is 16.3. The van der Waals surface area contributed by atoms with Crippen LogP contribution in [0.25, 0.3) is 0 Å². The van der Waals surface area contributed by atoms with Gasteiger partial charge in [0.2, 0.25) is 0 Å². The number of aliphatic hydroxyl groups is 1. The molecule has 2 aromatic rings. The van der Waals surface area contributed by atoms with E-state index in [-0.39, 0.29) is 12.0 Å². The molecule has 1 aliphatic heterocycles. The van der Waals surface area contributed by atoms with Gasteiger partial charge in [0, 0.05) is 19.7 Å². The highest BCUT2D eigenvalue weighted by Crippen LogP contribution is 2.37. The molecule has 0 aliphatic carbocycles. The molecule has 0 radical (unpaired) electrons. The van der Waals surface area contributed by atoms with E-state index in [4.69, 9.17) is 5.26 Å². The van der Waals surface area contributed by atoms with Crippen molar-refractivity contribution in [3.05, 3.63) is 59.8 Å². The van der Waals surface area contributed by atoms with Crippen molar-refractivity contribution in [2.45, 2.75) is 32.1 Å². The van der Waals surface area contributed by atoms with E-state index in [9.17, 15) is 5.11 Å². The number of pyridine rings is 1. The van der Waals surface area contributed by atoms with Gasteiger partial charge in [-0.05, 0) is 55.2 Å². The first-order chi connectivity index (χ1) is 12.2. The first kappa shape index (κ1) is 17.4. The summed E-state index contributed by atoms with van der Waals surface area (Å²) in [5.74, 6) is 0.870. The monoisotopic (exact) mass is 335 g/mol. The lowest BCUT2D eigenvalue weighted by molar-refractivity contribution is 0.0849. The Kier molecular flexibility index (Phi) is 5.67. The molecule has 2 heterocycles. The fourth-order valence-electron chi connectivity index (χ4n) is 3.67. The minimum absolute atomic E-state index is 0.0259. The van der Waals surface area contributed by atoms with E-state index in [2.05, 4.69) is 40.2 Å². The van der Waals surface area contributed by atoms with Crippen LogP contribution in [0.3, 0.4) is 0 Å². The summed E-state index contributed by atoms with van der Waals surface area (Å²) in [5, 5.41) is 19.0. The third kappa shape index (κ3) is 4.37. The van der Waals surface area contributed by atoms with E-state index in [1.165, 1.54) is 5.56 Å². The third-order valence-corrected chi connectivity index (χ3v) is 5.35. The summed E-state index contributed by atoms with van der Waals surface area (Å²) in [6.07, 6.45) is 5.16. The average Bonchev–Trinajstić information content (AvgIpc) is 2.69. The number of hydrogen-bond donors (Lipinski definition) is 1. The first-order valence-corrected chi connectivity index (χ1v) is 9.02. The second-order valence-corrected chi connectivity index (χ2v) is 6.98. The van der Waals surface area contributed by atoms with Crippen molar-refractivity contribution in [2.75, 3.05) is 24.6 Å². The first-order valence-electron chi connectivity index (χ1n) is 9.02. The Morgan fingerprint density at radius 1 is 1.08 bits per heavy atom. The van der Waals surface area contributed by atoms with Crippen LogP contribution in [0.2, 0.25) is 0 Å². The number of anilines is 1. The summed E-state index contributed by atoms with van der Waals surface area (Å²) in [6.45, 7) is 2.02. The van der Waals surface area contributed by atoms with Crippen LogP contribution < -0.4 is 4.90 Å². The Morgan fingerprint density at radius 3 is 2.52 bits per heavy atom. The maximum atomic E-state index is 10.0. The molecule has 1 aromatic heterocycles. The summed E-state index contributed by atoms with van der Waals surface area (Å²) in [4.78, 5) is 6.62. The van der Waals surface area contributed by atoms with Gasteiger partial charge in [-0.2, -0.15) is 5.26 Å². The summed E-state index contributed by atoms with van der Waals surface area (Å²) < 4.78 is 0. The summed E-state index contributed by atoms with van der Waals surface area (Å²) in [6, 6.07) is 18.2. The summed E-state index contributed by atoms with van der Waals surface area (Å²) >= 11 is 0. The van der Waals surface area contributed by atoms with Crippen molar-refractivity contribution < 1.29 is 5.11 Å². The Labute approximate surface area is 149 Å². The predicted octanol–water partition coefficient (Wildman–Crippen LogP) is 3.56. The minimum Gasteiger partial charge on any atom is -0.396 e. The fraction of sp³-hybridized carbons (Fsp3) is 0.429. The van der Waals surface area contributed by atoms with Gasteiger partial charge in [0.15, 0.2) is 0 Å². The fourth-order valence-corrected chi connectivity index (χ4v) is 3.67. The molecular formula is C21H25N3O. The second kappa shape index (κ2) is 8.13. The molecule has 3 rings (SSSR count).